The van der Waals surface area contributed by atoms with Crippen molar-refractivity contribution in [3.05, 3.63) is 60.4 Å². The number of sulfonamides is 1. The molecule has 0 saturated heterocycles. The molecule has 1 heterocycles. The lowest BCUT2D eigenvalue weighted by Crippen LogP contribution is -2.30. The molecule has 3 rings (SSSR count). The second-order valence-corrected chi connectivity index (χ2v) is 9.60. The number of hydrogen-bond acceptors (Lipinski definition) is 7. The van der Waals surface area contributed by atoms with E-state index in [0.29, 0.717) is 35.3 Å². The first-order valence-corrected chi connectivity index (χ1v) is 11.8. The van der Waals surface area contributed by atoms with Gasteiger partial charge in [-0.25, -0.2) is 18.4 Å². The quantitative estimate of drug-likeness (QED) is 0.501. The number of nitrogens with two attached hydrogens (primary N) is 1. The van der Waals surface area contributed by atoms with Crippen molar-refractivity contribution in [3.63, 3.8) is 0 Å². The standard InChI is InChI=1S/C21H25N5O2S2/c1-4-26(5-2)30(27,28)18-12-8-16(9-13-18)25-20-19(22)21(24-14-23-20)29-17-10-6-15(3)7-11-17/h6-14H,4-5,22H2,1-3H3,(H,23,24,25). The normalized spacial score (nSPS) is 11.6. The fourth-order valence-electron chi connectivity index (χ4n) is 2.84. The molecular formula is C21H25N5O2S2. The van der Waals surface area contributed by atoms with E-state index in [1.54, 1.807) is 24.3 Å². The summed E-state index contributed by atoms with van der Waals surface area (Å²) in [7, 11) is -3.49. The average molecular weight is 444 g/mol. The fourth-order valence-corrected chi connectivity index (χ4v) is 5.10. The number of benzene rings is 2. The number of hydrogen-bond donors (Lipinski definition) is 2. The third kappa shape index (κ3) is 4.92. The predicted molar refractivity (Wildman–Crippen MR) is 122 cm³/mol. The van der Waals surface area contributed by atoms with Gasteiger partial charge >= 0.3 is 0 Å². The highest BCUT2D eigenvalue weighted by Gasteiger charge is 2.21. The maximum atomic E-state index is 12.6. The molecule has 0 bridgehead atoms. The molecular weight excluding hydrogens is 418 g/mol. The molecule has 0 spiro atoms. The molecule has 7 nitrogen and oxygen atoms in total. The van der Waals surface area contributed by atoms with Crippen LogP contribution in [0.4, 0.5) is 17.2 Å². The van der Waals surface area contributed by atoms with Crippen molar-refractivity contribution in [3.8, 4) is 0 Å². The Bertz CT molecular complexity index is 1100. The van der Waals surface area contributed by atoms with Crippen LogP contribution in [-0.4, -0.2) is 35.8 Å². The van der Waals surface area contributed by atoms with Crippen molar-refractivity contribution in [2.75, 3.05) is 24.1 Å². The minimum Gasteiger partial charge on any atom is -0.394 e. The third-order valence-electron chi connectivity index (χ3n) is 4.54. The van der Waals surface area contributed by atoms with Crippen LogP contribution < -0.4 is 11.1 Å². The van der Waals surface area contributed by atoms with E-state index in [1.807, 2.05) is 45.0 Å². The summed E-state index contributed by atoms with van der Waals surface area (Å²) in [6, 6.07) is 14.7. The fraction of sp³-hybridized carbons (Fsp3) is 0.238. The van der Waals surface area contributed by atoms with Crippen molar-refractivity contribution in [2.45, 2.75) is 35.6 Å². The highest BCUT2D eigenvalue weighted by atomic mass is 32.2. The summed E-state index contributed by atoms with van der Waals surface area (Å²) in [6.07, 6.45) is 1.45. The summed E-state index contributed by atoms with van der Waals surface area (Å²) >= 11 is 1.46. The van der Waals surface area contributed by atoms with Crippen LogP contribution in [0.2, 0.25) is 0 Å². The van der Waals surface area contributed by atoms with Crippen LogP contribution in [0.3, 0.4) is 0 Å². The molecule has 0 unspecified atom stereocenters. The minimum absolute atomic E-state index is 0.253. The van der Waals surface area contributed by atoms with E-state index in [0.717, 1.165) is 4.90 Å². The number of nitrogens with zero attached hydrogens (tertiary/aromatic N) is 3. The Balaban J connectivity index is 1.79. The van der Waals surface area contributed by atoms with Crippen LogP contribution in [0, 0.1) is 6.92 Å². The van der Waals surface area contributed by atoms with Gasteiger partial charge in [-0.2, -0.15) is 4.31 Å². The van der Waals surface area contributed by atoms with E-state index in [1.165, 1.54) is 28.0 Å². The predicted octanol–water partition coefficient (Wildman–Crippen LogP) is 4.29. The molecule has 0 amide bonds. The van der Waals surface area contributed by atoms with Crippen LogP contribution in [-0.2, 0) is 10.0 Å². The highest BCUT2D eigenvalue weighted by Crippen LogP contribution is 2.34. The Morgan fingerprint density at radius 2 is 1.63 bits per heavy atom. The van der Waals surface area contributed by atoms with Crippen molar-refractivity contribution < 1.29 is 8.42 Å². The second-order valence-electron chi connectivity index (χ2n) is 6.59. The van der Waals surface area contributed by atoms with Crippen molar-refractivity contribution in [1.29, 1.82) is 0 Å². The minimum atomic E-state index is -3.49. The first-order valence-electron chi connectivity index (χ1n) is 9.57. The number of anilines is 3. The topological polar surface area (TPSA) is 101 Å². The lowest BCUT2D eigenvalue weighted by atomic mass is 10.2. The van der Waals surface area contributed by atoms with E-state index in [4.69, 9.17) is 5.73 Å². The van der Waals surface area contributed by atoms with Gasteiger partial charge in [-0.3, -0.25) is 0 Å². The van der Waals surface area contributed by atoms with Gasteiger partial charge in [-0.15, -0.1) is 0 Å². The van der Waals surface area contributed by atoms with Gasteiger partial charge in [0.25, 0.3) is 0 Å². The molecule has 0 aliphatic heterocycles. The lowest BCUT2D eigenvalue weighted by molar-refractivity contribution is 0.445. The van der Waals surface area contributed by atoms with Crippen LogP contribution in [0.5, 0.6) is 0 Å². The maximum absolute atomic E-state index is 12.6. The zero-order valence-electron chi connectivity index (χ0n) is 17.2. The molecule has 0 atom stereocenters. The molecule has 158 valence electrons. The smallest absolute Gasteiger partial charge is 0.243 e. The molecule has 3 aromatic rings. The summed E-state index contributed by atoms with van der Waals surface area (Å²) < 4.78 is 26.7. The summed E-state index contributed by atoms with van der Waals surface area (Å²) in [5.41, 5.74) is 8.58. The summed E-state index contributed by atoms with van der Waals surface area (Å²) in [4.78, 5) is 9.80. The summed E-state index contributed by atoms with van der Waals surface area (Å²) in [5, 5.41) is 3.80. The number of aryl methyl sites for hydroxylation is 1. The third-order valence-corrected chi connectivity index (χ3v) is 7.63. The summed E-state index contributed by atoms with van der Waals surface area (Å²) in [5.74, 6) is 0.471. The van der Waals surface area contributed by atoms with Crippen molar-refractivity contribution in [2.24, 2.45) is 0 Å². The monoisotopic (exact) mass is 443 g/mol. The van der Waals surface area contributed by atoms with Gasteiger partial charge in [0, 0.05) is 23.7 Å². The van der Waals surface area contributed by atoms with Crippen LogP contribution in [0.1, 0.15) is 19.4 Å². The first-order chi connectivity index (χ1) is 14.3. The molecule has 3 N–H and O–H groups in total. The van der Waals surface area contributed by atoms with Gasteiger partial charge in [0.2, 0.25) is 10.0 Å². The molecule has 0 radical (unpaired) electrons. The molecule has 0 aliphatic carbocycles. The van der Waals surface area contributed by atoms with Gasteiger partial charge in [-0.05, 0) is 43.3 Å². The summed E-state index contributed by atoms with van der Waals surface area (Å²) in [6.45, 7) is 6.53. The molecule has 0 saturated carbocycles. The molecule has 2 aromatic carbocycles. The molecule has 9 heteroatoms. The Kier molecular flexibility index (Phi) is 6.96. The van der Waals surface area contributed by atoms with E-state index in [2.05, 4.69) is 15.3 Å². The van der Waals surface area contributed by atoms with Crippen LogP contribution in [0.15, 0.2) is 69.7 Å². The molecule has 0 fully saturated rings. The second kappa shape index (κ2) is 9.46. The molecule has 0 aliphatic rings. The maximum Gasteiger partial charge on any atom is 0.243 e. The van der Waals surface area contributed by atoms with Crippen molar-refractivity contribution in [1.82, 2.24) is 14.3 Å². The van der Waals surface area contributed by atoms with E-state index >= 15 is 0 Å². The van der Waals surface area contributed by atoms with E-state index < -0.39 is 10.0 Å². The Labute approximate surface area is 181 Å². The number of aromatic nitrogens is 2. The zero-order chi connectivity index (χ0) is 21.7. The van der Waals surface area contributed by atoms with Crippen LogP contribution >= 0.6 is 11.8 Å². The van der Waals surface area contributed by atoms with Gasteiger partial charge in [0.15, 0.2) is 5.82 Å². The van der Waals surface area contributed by atoms with E-state index in [9.17, 15) is 8.42 Å². The van der Waals surface area contributed by atoms with Gasteiger partial charge < -0.3 is 11.1 Å². The van der Waals surface area contributed by atoms with Gasteiger partial charge in [0.05, 0.1) is 4.90 Å². The van der Waals surface area contributed by atoms with Gasteiger partial charge in [0.1, 0.15) is 17.0 Å². The lowest BCUT2D eigenvalue weighted by Gasteiger charge is -2.18. The number of nitrogen functional groups attached to an aromatic ring is 1. The number of nitrogens with one attached hydrogen (secondary N) is 1. The van der Waals surface area contributed by atoms with Crippen molar-refractivity contribution >= 4 is 39.0 Å². The van der Waals surface area contributed by atoms with Crippen LogP contribution in [0.25, 0.3) is 0 Å². The highest BCUT2D eigenvalue weighted by molar-refractivity contribution is 7.99. The molecule has 30 heavy (non-hydrogen) atoms. The average Bonchev–Trinajstić information content (AvgIpc) is 2.73. The molecule has 1 aromatic heterocycles. The SMILES string of the molecule is CCN(CC)S(=O)(=O)c1ccc(Nc2ncnc(Sc3ccc(C)cc3)c2N)cc1. The Hall–Kier alpha value is -2.62. The number of rotatable bonds is 8. The Morgan fingerprint density at radius 3 is 2.23 bits per heavy atom. The Morgan fingerprint density at radius 1 is 1.00 bits per heavy atom. The largest absolute Gasteiger partial charge is 0.394 e. The zero-order valence-corrected chi connectivity index (χ0v) is 18.8. The van der Waals surface area contributed by atoms with E-state index in [-0.39, 0.29) is 4.90 Å². The first kappa shape index (κ1) is 22.1. The van der Waals surface area contributed by atoms with Gasteiger partial charge in [-0.1, -0.05) is 43.3 Å².